The maximum atomic E-state index is 13.1. The van der Waals surface area contributed by atoms with Gasteiger partial charge in [0, 0.05) is 36.8 Å². The number of hydrogen-bond acceptors (Lipinski definition) is 4. The Labute approximate surface area is 158 Å². The first-order valence-electron chi connectivity index (χ1n) is 8.42. The first kappa shape index (κ1) is 20.4. The normalized spacial score (nSPS) is 19.2. The molecule has 1 aliphatic rings. The predicted molar refractivity (Wildman–Crippen MR) is 99.3 cm³/mol. The molecule has 2 unspecified atom stereocenters. The smallest absolute Gasteiger partial charge is 0.224 e. The molecule has 2 aromatic rings. The van der Waals surface area contributed by atoms with Crippen LogP contribution in [0.1, 0.15) is 17.0 Å². The second-order valence-electron chi connectivity index (χ2n) is 6.50. The molecule has 0 radical (unpaired) electrons. The van der Waals surface area contributed by atoms with Crippen molar-refractivity contribution in [2.45, 2.75) is 26.4 Å². The van der Waals surface area contributed by atoms with Crippen LogP contribution in [0, 0.1) is 25.6 Å². The fraction of sp³-hybridized carbons (Fsp3) is 0.444. The molecule has 2 heterocycles. The molecule has 3 rings (SSSR count). The number of rotatable bonds is 5. The molecule has 1 amide bonds. The van der Waals surface area contributed by atoms with E-state index >= 15 is 0 Å². The minimum atomic E-state index is -0.412. The largest absolute Gasteiger partial charge is 0.391 e. The van der Waals surface area contributed by atoms with Crippen molar-refractivity contribution in [3.8, 4) is 5.69 Å². The van der Waals surface area contributed by atoms with Crippen LogP contribution in [-0.2, 0) is 11.2 Å². The third-order valence-corrected chi connectivity index (χ3v) is 4.72. The molecule has 3 N–H and O–H groups in total. The van der Waals surface area contributed by atoms with E-state index in [2.05, 4.69) is 15.7 Å². The molecule has 8 heteroatoms. The molecule has 2 atom stereocenters. The lowest BCUT2D eigenvalue weighted by Gasteiger charge is -2.14. The molecule has 0 aliphatic carbocycles. The number of aryl methyl sites for hydroxylation is 1. The summed E-state index contributed by atoms with van der Waals surface area (Å²) in [7, 11) is 0. The number of aromatic nitrogens is 2. The summed E-state index contributed by atoms with van der Waals surface area (Å²) >= 11 is 0. The number of carbonyl (C=O) groups excluding carboxylic acids is 1. The molecule has 0 spiro atoms. The molecule has 26 heavy (non-hydrogen) atoms. The number of β-amino-alcohol motifs (C(OH)–C–C–N with tert-alkyl or cyclic N) is 1. The summed E-state index contributed by atoms with van der Waals surface area (Å²) in [5, 5.41) is 20.2. The van der Waals surface area contributed by atoms with Crippen LogP contribution in [0.5, 0.6) is 0 Å². The van der Waals surface area contributed by atoms with E-state index in [1.165, 1.54) is 12.1 Å². The fourth-order valence-corrected chi connectivity index (χ4v) is 3.16. The van der Waals surface area contributed by atoms with Crippen LogP contribution >= 0.6 is 12.4 Å². The topological polar surface area (TPSA) is 79.2 Å². The van der Waals surface area contributed by atoms with E-state index in [0.29, 0.717) is 19.6 Å². The third kappa shape index (κ3) is 4.41. The van der Waals surface area contributed by atoms with Crippen LogP contribution in [0.25, 0.3) is 5.69 Å². The van der Waals surface area contributed by atoms with Crippen LogP contribution in [0.3, 0.4) is 0 Å². The number of carbonyl (C=O) groups is 1. The van der Waals surface area contributed by atoms with Gasteiger partial charge in [-0.1, -0.05) is 0 Å². The number of aliphatic hydroxyl groups is 1. The number of nitrogens with one attached hydrogen (secondary N) is 2. The van der Waals surface area contributed by atoms with Crippen molar-refractivity contribution < 1.29 is 14.3 Å². The zero-order chi connectivity index (χ0) is 18.0. The Bertz CT molecular complexity index is 763. The Hall–Kier alpha value is -1.96. The monoisotopic (exact) mass is 382 g/mol. The standard InChI is InChI=1S/C18H23FN4O2.ClH/c1-11-16(7-18(25)21-9-13-8-20-10-17(13)24)12(2)23(22-11)15-5-3-14(19)4-6-15;/h3-6,13,17,20,24H,7-10H2,1-2H3,(H,21,25);1H. The van der Waals surface area contributed by atoms with Crippen molar-refractivity contribution in [2.24, 2.45) is 5.92 Å². The van der Waals surface area contributed by atoms with E-state index in [0.717, 1.165) is 22.6 Å². The van der Waals surface area contributed by atoms with Crippen LogP contribution < -0.4 is 10.6 Å². The maximum absolute atomic E-state index is 13.1. The van der Waals surface area contributed by atoms with Gasteiger partial charge in [0.15, 0.2) is 0 Å². The summed E-state index contributed by atoms with van der Waals surface area (Å²) in [5.41, 5.74) is 3.27. The molecule has 1 saturated heterocycles. The summed E-state index contributed by atoms with van der Waals surface area (Å²) in [6, 6.07) is 6.10. The molecule has 1 fully saturated rings. The molecule has 1 aromatic carbocycles. The van der Waals surface area contributed by atoms with E-state index in [1.54, 1.807) is 16.8 Å². The highest BCUT2D eigenvalue weighted by Gasteiger charge is 2.25. The van der Waals surface area contributed by atoms with E-state index in [-0.39, 0.29) is 36.5 Å². The Morgan fingerprint density at radius 1 is 1.35 bits per heavy atom. The van der Waals surface area contributed by atoms with Crippen molar-refractivity contribution >= 4 is 18.3 Å². The lowest BCUT2D eigenvalue weighted by molar-refractivity contribution is -0.120. The number of benzene rings is 1. The van der Waals surface area contributed by atoms with Gasteiger partial charge in [-0.05, 0) is 38.1 Å². The van der Waals surface area contributed by atoms with Gasteiger partial charge in [0.2, 0.25) is 5.91 Å². The third-order valence-electron chi connectivity index (χ3n) is 4.72. The van der Waals surface area contributed by atoms with Gasteiger partial charge in [0.05, 0.1) is 23.9 Å². The van der Waals surface area contributed by atoms with Gasteiger partial charge < -0.3 is 15.7 Å². The van der Waals surface area contributed by atoms with Crippen LogP contribution in [-0.4, -0.2) is 46.5 Å². The Balaban J connectivity index is 0.00000243. The summed E-state index contributed by atoms with van der Waals surface area (Å²) in [4.78, 5) is 12.3. The van der Waals surface area contributed by atoms with Crippen molar-refractivity contribution in [2.75, 3.05) is 19.6 Å². The molecular weight excluding hydrogens is 359 g/mol. The van der Waals surface area contributed by atoms with Crippen LogP contribution in [0.2, 0.25) is 0 Å². The van der Waals surface area contributed by atoms with Gasteiger partial charge >= 0.3 is 0 Å². The summed E-state index contributed by atoms with van der Waals surface area (Å²) in [6.45, 7) is 5.50. The second-order valence-corrected chi connectivity index (χ2v) is 6.50. The first-order chi connectivity index (χ1) is 12.0. The predicted octanol–water partition coefficient (Wildman–Crippen LogP) is 1.29. The average molecular weight is 383 g/mol. The lowest BCUT2D eigenvalue weighted by atomic mass is 10.1. The van der Waals surface area contributed by atoms with Gasteiger partial charge in [0.25, 0.3) is 0 Å². The highest BCUT2D eigenvalue weighted by Crippen LogP contribution is 2.19. The Morgan fingerprint density at radius 2 is 2.04 bits per heavy atom. The van der Waals surface area contributed by atoms with Crippen molar-refractivity contribution in [1.82, 2.24) is 20.4 Å². The van der Waals surface area contributed by atoms with Crippen LogP contribution in [0.15, 0.2) is 24.3 Å². The highest BCUT2D eigenvalue weighted by molar-refractivity contribution is 5.85. The van der Waals surface area contributed by atoms with Gasteiger partial charge in [0.1, 0.15) is 5.82 Å². The summed E-state index contributed by atoms with van der Waals surface area (Å²) in [5.74, 6) is -0.342. The molecular formula is C18H24ClFN4O2. The van der Waals surface area contributed by atoms with Gasteiger partial charge in [-0.3, -0.25) is 4.79 Å². The van der Waals surface area contributed by atoms with E-state index < -0.39 is 6.10 Å². The van der Waals surface area contributed by atoms with Gasteiger partial charge in [-0.15, -0.1) is 12.4 Å². The molecule has 1 aliphatic heterocycles. The van der Waals surface area contributed by atoms with Crippen LogP contribution in [0.4, 0.5) is 4.39 Å². The van der Waals surface area contributed by atoms with E-state index in [4.69, 9.17) is 0 Å². The quantitative estimate of drug-likeness (QED) is 0.728. The molecule has 142 valence electrons. The SMILES string of the molecule is Cc1nn(-c2ccc(F)cc2)c(C)c1CC(=O)NCC1CNCC1O.Cl. The second kappa shape index (κ2) is 8.62. The van der Waals surface area contributed by atoms with Crippen molar-refractivity contribution in [1.29, 1.82) is 0 Å². The highest BCUT2D eigenvalue weighted by atomic mass is 35.5. The van der Waals surface area contributed by atoms with E-state index in [1.807, 2.05) is 13.8 Å². The summed E-state index contributed by atoms with van der Waals surface area (Å²) < 4.78 is 14.8. The van der Waals surface area contributed by atoms with E-state index in [9.17, 15) is 14.3 Å². The van der Waals surface area contributed by atoms with Crippen molar-refractivity contribution in [3.05, 3.63) is 47.0 Å². The minimum absolute atomic E-state index is 0. The molecule has 6 nitrogen and oxygen atoms in total. The van der Waals surface area contributed by atoms with Crippen molar-refractivity contribution in [3.63, 3.8) is 0 Å². The molecule has 0 bridgehead atoms. The number of aliphatic hydroxyl groups excluding tert-OH is 1. The number of amides is 1. The zero-order valence-electron chi connectivity index (χ0n) is 14.8. The first-order valence-corrected chi connectivity index (χ1v) is 8.42. The number of halogens is 2. The number of hydrogen-bond donors (Lipinski definition) is 3. The minimum Gasteiger partial charge on any atom is -0.391 e. The Kier molecular flexibility index (Phi) is 6.75. The zero-order valence-corrected chi connectivity index (χ0v) is 15.6. The number of nitrogens with zero attached hydrogens (tertiary/aromatic N) is 2. The average Bonchev–Trinajstić information content (AvgIpc) is 3.12. The summed E-state index contributed by atoms with van der Waals surface area (Å²) in [6.07, 6.45) is -0.181. The van der Waals surface area contributed by atoms with Gasteiger partial charge in [-0.2, -0.15) is 5.10 Å². The lowest BCUT2D eigenvalue weighted by Crippen LogP contribution is -2.35. The maximum Gasteiger partial charge on any atom is 0.224 e. The fourth-order valence-electron chi connectivity index (χ4n) is 3.16. The van der Waals surface area contributed by atoms with Gasteiger partial charge in [-0.25, -0.2) is 9.07 Å². The molecule has 0 saturated carbocycles. The molecule has 1 aromatic heterocycles. The Morgan fingerprint density at radius 3 is 2.65 bits per heavy atom.